The number of hydrogen-bond acceptors (Lipinski definition) is 3. The number of aromatic nitrogens is 1. The third kappa shape index (κ3) is 3.17. The number of pyridine rings is 1. The summed E-state index contributed by atoms with van der Waals surface area (Å²) in [6, 6.07) is 8.32. The van der Waals surface area contributed by atoms with Crippen LogP contribution < -0.4 is 0 Å². The van der Waals surface area contributed by atoms with Gasteiger partial charge in [0.25, 0.3) is 0 Å². The van der Waals surface area contributed by atoms with Crippen molar-refractivity contribution in [3.05, 3.63) is 30.5 Å². The van der Waals surface area contributed by atoms with Crippen molar-refractivity contribution >= 4 is 35.3 Å². The van der Waals surface area contributed by atoms with Crippen molar-refractivity contribution in [3.8, 4) is 0 Å². The van der Waals surface area contributed by atoms with Crippen molar-refractivity contribution in [1.29, 1.82) is 0 Å². The monoisotopic (exact) mass is 263 g/mol. The van der Waals surface area contributed by atoms with Crippen LogP contribution in [0.1, 0.15) is 26.2 Å². The summed E-state index contributed by atoms with van der Waals surface area (Å²) >= 11 is 6.38. The standard InChI is InChI=1S/C14H17NS2/c1-2-3-4-10-17-13-8-7-12(16)14-11(13)6-5-9-15-14/h5-9,16H,2-4,10H2,1H3. The Morgan fingerprint density at radius 3 is 2.94 bits per heavy atom. The second kappa shape index (κ2) is 6.31. The van der Waals surface area contributed by atoms with Crippen LogP contribution in [0.2, 0.25) is 0 Å². The Hall–Kier alpha value is -0.670. The molecule has 2 aromatic rings. The first kappa shape index (κ1) is 12.8. The van der Waals surface area contributed by atoms with Gasteiger partial charge in [0.1, 0.15) is 0 Å². The van der Waals surface area contributed by atoms with Gasteiger partial charge in [-0.1, -0.05) is 25.8 Å². The van der Waals surface area contributed by atoms with Gasteiger partial charge in [-0.2, -0.15) is 0 Å². The number of thiol groups is 1. The molecular formula is C14H17NS2. The van der Waals surface area contributed by atoms with Crippen LogP contribution in [-0.2, 0) is 0 Å². The first-order valence-corrected chi connectivity index (χ1v) is 7.45. The molecule has 90 valence electrons. The highest BCUT2D eigenvalue weighted by Gasteiger charge is 2.04. The fourth-order valence-electron chi connectivity index (χ4n) is 1.79. The smallest absolute Gasteiger partial charge is 0.0846 e. The summed E-state index contributed by atoms with van der Waals surface area (Å²) in [4.78, 5) is 6.67. The van der Waals surface area contributed by atoms with E-state index in [1.54, 1.807) is 0 Å². The maximum atomic E-state index is 4.45. The molecule has 0 bridgehead atoms. The molecule has 0 aliphatic carbocycles. The van der Waals surface area contributed by atoms with E-state index in [4.69, 9.17) is 0 Å². The highest BCUT2D eigenvalue weighted by atomic mass is 32.2. The first-order valence-electron chi connectivity index (χ1n) is 6.02. The predicted octanol–water partition coefficient (Wildman–Crippen LogP) is 4.81. The molecule has 0 atom stereocenters. The van der Waals surface area contributed by atoms with Crippen molar-refractivity contribution in [2.24, 2.45) is 0 Å². The molecule has 0 aliphatic rings. The van der Waals surface area contributed by atoms with Gasteiger partial charge in [-0.15, -0.1) is 24.4 Å². The molecule has 17 heavy (non-hydrogen) atoms. The molecule has 1 aromatic heterocycles. The van der Waals surface area contributed by atoms with Gasteiger partial charge in [0, 0.05) is 21.4 Å². The van der Waals surface area contributed by atoms with Gasteiger partial charge in [0.05, 0.1) is 5.52 Å². The van der Waals surface area contributed by atoms with Crippen molar-refractivity contribution in [2.75, 3.05) is 5.75 Å². The fourth-order valence-corrected chi connectivity index (χ4v) is 3.10. The SMILES string of the molecule is CCCCCSc1ccc(S)c2ncccc12. The number of hydrogen-bond donors (Lipinski definition) is 1. The Morgan fingerprint density at radius 2 is 2.12 bits per heavy atom. The minimum absolute atomic E-state index is 0.957. The van der Waals surface area contributed by atoms with Crippen LogP contribution in [0, 0.1) is 0 Å². The van der Waals surface area contributed by atoms with Crippen molar-refractivity contribution < 1.29 is 0 Å². The molecule has 1 aromatic carbocycles. The van der Waals surface area contributed by atoms with Crippen LogP contribution in [0.5, 0.6) is 0 Å². The number of rotatable bonds is 5. The minimum Gasteiger partial charge on any atom is -0.255 e. The number of fused-ring (bicyclic) bond motifs is 1. The third-order valence-corrected chi connectivity index (χ3v) is 4.23. The number of thioether (sulfide) groups is 1. The third-order valence-electron chi connectivity index (χ3n) is 2.71. The van der Waals surface area contributed by atoms with Gasteiger partial charge < -0.3 is 0 Å². The Morgan fingerprint density at radius 1 is 1.24 bits per heavy atom. The van der Waals surface area contributed by atoms with Gasteiger partial charge in [-0.25, -0.2) is 0 Å². The molecule has 0 unspecified atom stereocenters. The molecular weight excluding hydrogens is 246 g/mol. The zero-order valence-electron chi connectivity index (χ0n) is 10.0. The Balaban J connectivity index is 2.20. The maximum Gasteiger partial charge on any atom is 0.0846 e. The van der Waals surface area contributed by atoms with Crippen LogP contribution in [-0.4, -0.2) is 10.7 Å². The van der Waals surface area contributed by atoms with E-state index in [1.165, 1.54) is 35.3 Å². The summed E-state index contributed by atoms with van der Waals surface area (Å²) in [7, 11) is 0. The van der Waals surface area contributed by atoms with Crippen LogP contribution in [0.15, 0.2) is 40.3 Å². The van der Waals surface area contributed by atoms with Crippen molar-refractivity contribution in [3.63, 3.8) is 0 Å². The summed E-state index contributed by atoms with van der Waals surface area (Å²) in [5, 5.41) is 1.22. The Labute approximate surface area is 112 Å². The summed E-state index contributed by atoms with van der Waals surface area (Å²) in [5.41, 5.74) is 1.01. The van der Waals surface area contributed by atoms with Crippen LogP contribution >= 0.6 is 24.4 Å². The molecule has 0 saturated carbocycles. The van der Waals surface area contributed by atoms with E-state index in [0.29, 0.717) is 0 Å². The molecule has 0 fully saturated rings. The zero-order chi connectivity index (χ0) is 12.1. The summed E-state index contributed by atoms with van der Waals surface area (Å²) in [5.74, 6) is 1.18. The normalized spacial score (nSPS) is 10.9. The lowest BCUT2D eigenvalue weighted by Gasteiger charge is -2.07. The molecule has 1 heterocycles. The number of unbranched alkanes of at least 4 members (excludes halogenated alkanes) is 2. The average Bonchev–Trinajstić information content (AvgIpc) is 2.37. The topological polar surface area (TPSA) is 12.9 Å². The van der Waals surface area contributed by atoms with Crippen LogP contribution in [0.25, 0.3) is 10.9 Å². The predicted molar refractivity (Wildman–Crippen MR) is 79.2 cm³/mol. The van der Waals surface area contributed by atoms with Crippen molar-refractivity contribution in [1.82, 2.24) is 4.98 Å². The van der Waals surface area contributed by atoms with Gasteiger partial charge in [0.2, 0.25) is 0 Å². The molecule has 3 heteroatoms. The lowest BCUT2D eigenvalue weighted by molar-refractivity contribution is 0.778. The van der Waals surface area contributed by atoms with Crippen LogP contribution in [0.4, 0.5) is 0 Å². The molecule has 0 radical (unpaired) electrons. The minimum atomic E-state index is 0.957. The van der Waals surface area contributed by atoms with E-state index in [2.05, 4.69) is 36.7 Å². The highest BCUT2D eigenvalue weighted by molar-refractivity contribution is 7.99. The zero-order valence-corrected chi connectivity index (χ0v) is 11.7. The lowest BCUT2D eigenvalue weighted by Crippen LogP contribution is -1.85. The maximum absolute atomic E-state index is 4.45. The van der Waals surface area contributed by atoms with E-state index >= 15 is 0 Å². The number of nitrogens with zero attached hydrogens (tertiary/aromatic N) is 1. The van der Waals surface area contributed by atoms with E-state index in [0.717, 1.165) is 10.4 Å². The van der Waals surface area contributed by atoms with E-state index < -0.39 is 0 Å². The highest BCUT2D eigenvalue weighted by Crippen LogP contribution is 2.30. The second-order valence-corrected chi connectivity index (χ2v) is 5.66. The van der Waals surface area contributed by atoms with Crippen molar-refractivity contribution in [2.45, 2.75) is 36.0 Å². The number of benzene rings is 1. The second-order valence-electron chi connectivity index (χ2n) is 4.04. The Kier molecular flexibility index (Phi) is 4.75. The van der Waals surface area contributed by atoms with Gasteiger partial charge in [-0.05, 0) is 30.4 Å². The van der Waals surface area contributed by atoms with E-state index in [9.17, 15) is 0 Å². The summed E-state index contributed by atoms with van der Waals surface area (Å²) < 4.78 is 0. The van der Waals surface area contributed by atoms with Gasteiger partial charge in [0.15, 0.2) is 0 Å². The molecule has 2 rings (SSSR count). The average molecular weight is 263 g/mol. The lowest BCUT2D eigenvalue weighted by atomic mass is 10.2. The summed E-state index contributed by atoms with van der Waals surface area (Å²) in [6.45, 7) is 2.24. The quantitative estimate of drug-likeness (QED) is 0.472. The molecule has 0 N–H and O–H groups in total. The van der Waals surface area contributed by atoms with Gasteiger partial charge >= 0.3 is 0 Å². The molecule has 0 saturated heterocycles. The largest absolute Gasteiger partial charge is 0.255 e. The molecule has 0 aliphatic heterocycles. The molecule has 1 nitrogen and oxygen atoms in total. The van der Waals surface area contributed by atoms with E-state index in [1.807, 2.05) is 30.1 Å². The van der Waals surface area contributed by atoms with Gasteiger partial charge in [-0.3, -0.25) is 4.98 Å². The molecule has 0 amide bonds. The fraction of sp³-hybridized carbons (Fsp3) is 0.357. The first-order chi connectivity index (χ1) is 8.33. The Bertz CT molecular complexity index is 497. The summed E-state index contributed by atoms with van der Waals surface area (Å²) in [6.07, 6.45) is 5.70. The van der Waals surface area contributed by atoms with Crippen LogP contribution in [0.3, 0.4) is 0 Å². The van der Waals surface area contributed by atoms with E-state index in [-0.39, 0.29) is 0 Å². The molecule has 0 spiro atoms.